The zero-order valence-electron chi connectivity index (χ0n) is 14.7. The molecule has 0 spiro atoms. The summed E-state index contributed by atoms with van der Waals surface area (Å²) in [5.41, 5.74) is 4.51. The first-order valence-corrected chi connectivity index (χ1v) is 8.86. The first-order valence-electron chi connectivity index (χ1n) is 8.86. The van der Waals surface area contributed by atoms with Crippen LogP contribution in [-0.4, -0.2) is 21.8 Å². The van der Waals surface area contributed by atoms with Gasteiger partial charge in [-0.25, -0.2) is 0 Å². The fourth-order valence-corrected chi connectivity index (χ4v) is 3.46. The summed E-state index contributed by atoms with van der Waals surface area (Å²) >= 11 is 0. The zero-order valence-corrected chi connectivity index (χ0v) is 14.7. The van der Waals surface area contributed by atoms with Crippen LogP contribution in [0.25, 0.3) is 0 Å². The number of para-hydroxylation sites is 1. The van der Waals surface area contributed by atoms with Crippen molar-refractivity contribution in [2.75, 3.05) is 5.32 Å². The van der Waals surface area contributed by atoms with Crippen LogP contribution in [0.3, 0.4) is 0 Å². The highest BCUT2D eigenvalue weighted by molar-refractivity contribution is 6.08. The van der Waals surface area contributed by atoms with Gasteiger partial charge in [0.05, 0.1) is 17.0 Å². The zero-order chi connectivity index (χ0) is 18.6. The third-order valence-electron chi connectivity index (χ3n) is 4.85. The molecule has 0 bridgehead atoms. The number of fused-ring (bicyclic) bond motifs is 1. The molecule has 27 heavy (non-hydrogen) atoms. The number of rotatable bonds is 3. The molecular formula is C22H19N3O2. The highest BCUT2D eigenvalue weighted by Crippen LogP contribution is 2.32. The minimum atomic E-state index is -0.237. The molecule has 134 valence electrons. The Morgan fingerprint density at radius 2 is 1.74 bits per heavy atom. The van der Waals surface area contributed by atoms with Crippen molar-refractivity contribution in [1.82, 2.24) is 4.98 Å². The summed E-state index contributed by atoms with van der Waals surface area (Å²) in [5, 5.41) is 15.9. The minimum Gasteiger partial charge on any atom is -0.411 e. The Bertz CT molecular complexity index is 985. The van der Waals surface area contributed by atoms with E-state index in [2.05, 4.69) is 27.6 Å². The second kappa shape index (κ2) is 7.41. The Kier molecular flexibility index (Phi) is 4.66. The highest BCUT2D eigenvalue weighted by atomic mass is 16.4. The maximum atomic E-state index is 12.5. The van der Waals surface area contributed by atoms with Crippen LogP contribution in [0.15, 0.2) is 78.1 Å². The van der Waals surface area contributed by atoms with E-state index in [-0.39, 0.29) is 11.8 Å². The largest absolute Gasteiger partial charge is 0.411 e. The number of hydrogen-bond donors (Lipinski definition) is 2. The van der Waals surface area contributed by atoms with E-state index in [1.807, 2.05) is 48.5 Å². The van der Waals surface area contributed by atoms with Gasteiger partial charge in [0.2, 0.25) is 0 Å². The van der Waals surface area contributed by atoms with Crippen molar-refractivity contribution in [3.63, 3.8) is 0 Å². The standard InChI is InChI=1S/C22H19N3O2/c26-22(24-18-9-5-2-6-10-18)17-11-19-20(23-14-17)12-16(13-21(19)25-27)15-7-3-1-4-8-15/h1-11,14,16,27H,12-13H2,(H,24,26)/b25-21+. The van der Waals surface area contributed by atoms with Crippen LogP contribution in [0.4, 0.5) is 5.69 Å². The van der Waals surface area contributed by atoms with Gasteiger partial charge in [-0.3, -0.25) is 9.78 Å². The number of hydrogen-bond acceptors (Lipinski definition) is 4. The lowest BCUT2D eigenvalue weighted by Gasteiger charge is -2.25. The van der Waals surface area contributed by atoms with E-state index >= 15 is 0 Å². The Morgan fingerprint density at radius 3 is 2.44 bits per heavy atom. The topological polar surface area (TPSA) is 74.6 Å². The molecule has 0 saturated heterocycles. The third-order valence-corrected chi connectivity index (χ3v) is 4.85. The summed E-state index contributed by atoms with van der Waals surface area (Å²) < 4.78 is 0. The molecule has 0 aliphatic heterocycles. The van der Waals surface area contributed by atoms with Gasteiger partial charge in [-0.1, -0.05) is 53.7 Å². The summed E-state index contributed by atoms with van der Waals surface area (Å²) in [4.78, 5) is 17.0. The predicted molar refractivity (Wildman–Crippen MR) is 104 cm³/mol. The van der Waals surface area contributed by atoms with Gasteiger partial charge < -0.3 is 10.5 Å². The number of benzene rings is 2. The van der Waals surface area contributed by atoms with Crippen LogP contribution in [0.2, 0.25) is 0 Å². The monoisotopic (exact) mass is 357 g/mol. The van der Waals surface area contributed by atoms with Crippen molar-refractivity contribution in [2.24, 2.45) is 5.16 Å². The Hall–Kier alpha value is -3.47. The molecule has 1 aliphatic carbocycles. The highest BCUT2D eigenvalue weighted by Gasteiger charge is 2.27. The Balaban J connectivity index is 1.61. The van der Waals surface area contributed by atoms with Crippen molar-refractivity contribution in [3.8, 4) is 0 Å². The first kappa shape index (κ1) is 17.0. The van der Waals surface area contributed by atoms with E-state index in [1.54, 1.807) is 12.3 Å². The molecule has 1 heterocycles. The van der Waals surface area contributed by atoms with E-state index in [4.69, 9.17) is 0 Å². The molecule has 1 aromatic heterocycles. The van der Waals surface area contributed by atoms with E-state index in [1.165, 1.54) is 5.56 Å². The molecule has 1 atom stereocenters. The minimum absolute atomic E-state index is 0.209. The van der Waals surface area contributed by atoms with E-state index in [0.29, 0.717) is 17.7 Å². The van der Waals surface area contributed by atoms with Gasteiger partial charge in [-0.2, -0.15) is 0 Å². The molecule has 0 radical (unpaired) electrons. The molecule has 5 heteroatoms. The molecule has 2 aromatic carbocycles. The summed E-state index contributed by atoms with van der Waals surface area (Å²) in [7, 11) is 0. The van der Waals surface area contributed by atoms with Gasteiger partial charge in [0.1, 0.15) is 0 Å². The summed E-state index contributed by atoms with van der Waals surface area (Å²) in [6.45, 7) is 0. The number of carbonyl (C=O) groups is 1. The van der Waals surface area contributed by atoms with Crippen LogP contribution in [0, 0.1) is 0 Å². The average Bonchev–Trinajstić information content (AvgIpc) is 2.74. The average molecular weight is 357 g/mol. The Morgan fingerprint density at radius 1 is 1.04 bits per heavy atom. The van der Waals surface area contributed by atoms with Gasteiger partial charge in [-0.05, 0) is 36.1 Å². The third kappa shape index (κ3) is 3.58. The summed E-state index contributed by atoms with van der Waals surface area (Å²) in [5.74, 6) is -0.0277. The molecule has 3 aromatic rings. The maximum absolute atomic E-state index is 12.5. The molecule has 4 rings (SSSR count). The summed E-state index contributed by atoms with van der Waals surface area (Å²) in [6, 6.07) is 21.2. The molecule has 2 N–H and O–H groups in total. The van der Waals surface area contributed by atoms with Crippen LogP contribution in [0.5, 0.6) is 0 Å². The molecule has 5 nitrogen and oxygen atoms in total. The van der Waals surface area contributed by atoms with Crippen molar-refractivity contribution >= 4 is 17.3 Å². The predicted octanol–water partition coefficient (Wildman–Crippen LogP) is 4.24. The number of carbonyl (C=O) groups excluding carboxylic acids is 1. The normalized spacial score (nSPS) is 17.3. The number of oxime groups is 1. The summed E-state index contributed by atoms with van der Waals surface area (Å²) in [6.07, 6.45) is 2.94. The number of pyridine rings is 1. The number of nitrogens with zero attached hydrogens (tertiary/aromatic N) is 2. The number of aromatic nitrogens is 1. The van der Waals surface area contributed by atoms with E-state index in [9.17, 15) is 10.0 Å². The second-order valence-corrected chi connectivity index (χ2v) is 6.60. The van der Waals surface area contributed by atoms with Gasteiger partial charge >= 0.3 is 0 Å². The SMILES string of the molecule is O=C(Nc1ccccc1)c1cnc2c(c1)/C(=N/O)CC(c1ccccc1)C2. The molecule has 0 fully saturated rings. The van der Waals surface area contributed by atoms with Crippen LogP contribution >= 0.6 is 0 Å². The lowest BCUT2D eigenvalue weighted by atomic mass is 9.81. The van der Waals surface area contributed by atoms with Crippen molar-refractivity contribution in [2.45, 2.75) is 18.8 Å². The van der Waals surface area contributed by atoms with Gasteiger partial charge in [0, 0.05) is 23.9 Å². The molecule has 1 amide bonds. The van der Waals surface area contributed by atoms with E-state index in [0.717, 1.165) is 23.4 Å². The number of amides is 1. The van der Waals surface area contributed by atoms with E-state index < -0.39 is 0 Å². The maximum Gasteiger partial charge on any atom is 0.257 e. The lowest BCUT2D eigenvalue weighted by molar-refractivity contribution is 0.102. The van der Waals surface area contributed by atoms with Gasteiger partial charge in [0.25, 0.3) is 5.91 Å². The van der Waals surface area contributed by atoms with Crippen molar-refractivity contribution in [3.05, 3.63) is 95.3 Å². The molecule has 1 unspecified atom stereocenters. The smallest absolute Gasteiger partial charge is 0.257 e. The molecule has 0 saturated carbocycles. The van der Waals surface area contributed by atoms with Crippen LogP contribution < -0.4 is 5.32 Å². The number of anilines is 1. The quantitative estimate of drug-likeness (QED) is 0.544. The molecule has 1 aliphatic rings. The second-order valence-electron chi connectivity index (χ2n) is 6.60. The Labute approximate surface area is 157 Å². The van der Waals surface area contributed by atoms with Crippen LogP contribution in [0.1, 0.15) is 39.5 Å². The lowest BCUT2D eigenvalue weighted by Crippen LogP contribution is -2.22. The van der Waals surface area contributed by atoms with Gasteiger partial charge in [-0.15, -0.1) is 0 Å². The fraction of sp³-hybridized carbons (Fsp3) is 0.136. The van der Waals surface area contributed by atoms with Crippen molar-refractivity contribution in [1.29, 1.82) is 0 Å². The van der Waals surface area contributed by atoms with Crippen molar-refractivity contribution < 1.29 is 10.0 Å². The van der Waals surface area contributed by atoms with Crippen LogP contribution in [-0.2, 0) is 6.42 Å². The molecular weight excluding hydrogens is 338 g/mol. The van der Waals surface area contributed by atoms with Gasteiger partial charge in [0.15, 0.2) is 0 Å². The fourth-order valence-electron chi connectivity index (χ4n) is 3.46. The number of nitrogens with one attached hydrogen (secondary N) is 1. The first-order chi connectivity index (χ1) is 13.2.